The number of carbonyl (C=O) groups excluding carboxylic acids is 2. The van der Waals surface area contributed by atoms with Crippen LogP contribution in [-0.4, -0.2) is 21.7 Å². The van der Waals surface area contributed by atoms with Gasteiger partial charge >= 0.3 is 0 Å². The van der Waals surface area contributed by atoms with Gasteiger partial charge in [0, 0.05) is 34.4 Å². The molecule has 0 fully saturated rings. The SMILES string of the molecule is CC(=O)c1cccc(NC(=O)c2cnc(Nc3ccc(C)c(Cl)c3)nc2)c1. The Labute approximate surface area is 161 Å². The second kappa shape index (κ2) is 7.97. The molecular weight excluding hydrogens is 364 g/mol. The number of carbonyl (C=O) groups is 2. The summed E-state index contributed by atoms with van der Waals surface area (Å²) in [6.45, 7) is 3.39. The van der Waals surface area contributed by atoms with E-state index in [0.717, 1.165) is 11.3 Å². The second-order valence-corrected chi connectivity index (χ2v) is 6.38. The lowest BCUT2D eigenvalue weighted by molar-refractivity contribution is 0.101. The fourth-order valence-electron chi connectivity index (χ4n) is 2.33. The Morgan fingerprint density at radius 2 is 1.70 bits per heavy atom. The van der Waals surface area contributed by atoms with Gasteiger partial charge in [0.15, 0.2) is 5.78 Å². The second-order valence-electron chi connectivity index (χ2n) is 5.98. The first-order chi connectivity index (χ1) is 12.9. The zero-order valence-corrected chi connectivity index (χ0v) is 15.5. The monoisotopic (exact) mass is 380 g/mol. The van der Waals surface area contributed by atoms with E-state index in [9.17, 15) is 9.59 Å². The number of amides is 1. The number of aryl methyl sites for hydroxylation is 1. The number of aromatic nitrogens is 2. The van der Waals surface area contributed by atoms with Gasteiger partial charge in [-0.3, -0.25) is 9.59 Å². The van der Waals surface area contributed by atoms with Crippen molar-refractivity contribution < 1.29 is 9.59 Å². The Balaban J connectivity index is 1.69. The minimum absolute atomic E-state index is 0.0685. The van der Waals surface area contributed by atoms with Gasteiger partial charge in [-0.1, -0.05) is 29.8 Å². The summed E-state index contributed by atoms with van der Waals surface area (Å²) in [5, 5.41) is 6.40. The predicted molar refractivity (Wildman–Crippen MR) is 106 cm³/mol. The zero-order valence-electron chi connectivity index (χ0n) is 14.8. The van der Waals surface area contributed by atoms with Gasteiger partial charge in [0.25, 0.3) is 5.91 Å². The number of anilines is 3. The van der Waals surface area contributed by atoms with Crippen LogP contribution in [0, 0.1) is 6.92 Å². The summed E-state index contributed by atoms with van der Waals surface area (Å²) < 4.78 is 0. The number of hydrogen-bond acceptors (Lipinski definition) is 5. The Morgan fingerprint density at radius 3 is 2.37 bits per heavy atom. The topological polar surface area (TPSA) is 84.0 Å². The lowest BCUT2D eigenvalue weighted by Gasteiger charge is -2.08. The van der Waals surface area contributed by atoms with Crippen LogP contribution in [0.4, 0.5) is 17.3 Å². The molecule has 1 aromatic heterocycles. The summed E-state index contributed by atoms with van der Waals surface area (Å²) in [4.78, 5) is 32.1. The Hall–Kier alpha value is -3.25. The lowest BCUT2D eigenvalue weighted by atomic mass is 10.1. The molecule has 7 heteroatoms. The molecule has 0 aliphatic carbocycles. The molecular formula is C20H17ClN4O2. The Morgan fingerprint density at radius 1 is 0.963 bits per heavy atom. The molecule has 0 saturated carbocycles. The average Bonchev–Trinajstić information content (AvgIpc) is 2.65. The highest BCUT2D eigenvalue weighted by Crippen LogP contribution is 2.21. The van der Waals surface area contributed by atoms with Crippen LogP contribution in [0.2, 0.25) is 5.02 Å². The van der Waals surface area contributed by atoms with E-state index in [2.05, 4.69) is 20.6 Å². The highest BCUT2D eigenvalue weighted by atomic mass is 35.5. The van der Waals surface area contributed by atoms with Gasteiger partial charge in [-0.2, -0.15) is 0 Å². The molecule has 3 aromatic rings. The molecule has 0 spiro atoms. The van der Waals surface area contributed by atoms with Gasteiger partial charge < -0.3 is 10.6 Å². The van der Waals surface area contributed by atoms with Crippen molar-refractivity contribution in [2.75, 3.05) is 10.6 Å². The largest absolute Gasteiger partial charge is 0.324 e. The molecule has 0 bridgehead atoms. The maximum Gasteiger partial charge on any atom is 0.258 e. The van der Waals surface area contributed by atoms with Crippen molar-refractivity contribution in [3.8, 4) is 0 Å². The maximum absolute atomic E-state index is 12.3. The molecule has 3 rings (SSSR count). The van der Waals surface area contributed by atoms with E-state index in [1.807, 2.05) is 19.1 Å². The molecule has 1 amide bonds. The van der Waals surface area contributed by atoms with E-state index in [4.69, 9.17) is 11.6 Å². The molecule has 0 aliphatic rings. The Kier molecular flexibility index (Phi) is 5.47. The van der Waals surface area contributed by atoms with Crippen LogP contribution >= 0.6 is 11.6 Å². The summed E-state index contributed by atoms with van der Waals surface area (Å²) in [5.74, 6) is -0.0771. The quantitative estimate of drug-likeness (QED) is 0.630. The molecule has 0 aliphatic heterocycles. The van der Waals surface area contributed by atoms with Gasteiger partial charge in [0.1, 0.15) is 0 Å². The van der Waals surface area contributed by atoms with E-state index in [1.54, 1.807) is 30.3 Å². The number of hydrogen-bond donors (Lipinski definition) is 2. The van der Waals surface area contributed by atoms with Crippen molar-refractivity contribution in [2.45, 2.75) is 13.8 Å². The third-order valence-corrected chi connectivity index (χ3v) is 4.28. The predicted octanol–water partition coefficient (Wildman–Crippen LogP) is 4.64. The van der Waals surface area contributed by atoms with Crippen LogP contribution in [0.1, 0.15) is 33.2 Å². The molecule has 0 radical (unpaired) electrons. The molecule has 1 heterocycles. The fourth-order valence-corrected chi connectivity index (χ4v) is 2.51. The number of nitrogens with one attached hydrogen (secondary N) is 2. The smallest absolute Gasteiger partial charge is 0.258 e. The van der Waals surface area contributed by atoms with Crippen LogP contribution in [0.15, 0.2) is 54.9 Å². The summed E-state index contributed by atoms with van der Waals surface area (Å²) in [5.41, 5.74) is 3.09. The molecule has 2 N–H and O–H groups in total. The summed E-state index contributed by atoms with van der Waals surface area (Å²) in [6.07, 6.45) is 2.85. The van der Waals surface area contributed by atoms with Crippen molar-refractivity contribution in [2.24, 2.45) is 0 Å². The van der Waals surface area contributed by atoms with E-state index in [-0.39, 0.29) is 11.7 Å². The maximum atomic E-state index is 12.3. The number of Topliss-reactive ketones (excluding diaryl/α,β-unsaturated/α-hetero) is 1. The molecule has 136 valence electrons. The van der Waals surface area contributed by atoms with Crippen molar-refractivity contribution >= 4 is 40.6 Å². The number of halogens is 1. The minimum atomic E-state index is -0.361. The van der Waals surface area contributed by atoms with E-state index >= 15 is 0 Å². The summed E-state index contributed by atoms with van der Waals surface area (Å²) in [6, 6.07) is 12.3. The van der Waals surface area contributed by atoms with Crippen molar-refractivity contribution in [3.63, 3.8) is 0 Å². The summed E-state index contributed by atoms with van der Waals surface area (Å²) in [7, 11) is 0. The molecule has 27 heavy (non-hydrogen) atoms. The third-order valence-electron chi connectivity index (χ3n) is 3.87. The van der Waals surface area contributed by atoms with Crippen LogP contribution in [0.5, 0.6) is 0 Å². The van der Waals surface area contributed by atoms with Crippen LogP contribution < -0.4 is 10.6 Å². The molecule has 0 saturated heterocycles. The zero-order chi connectivity index (χ0) is 19.4. The van der Waals surface area contributed by atoms with Crippen molar-refractivity contribution in [1.82, 2.24) is 9.97 Å². The molecule has 0 atom stereocenters. The van der Waals surface area contributed by atoms with Crippen LogP contribution in [-0.2, 0) is 0 Å². The van der Waals surface area contributed by atoms with E-state index in [0.29, 0.717) is 27.8 Å². The van der Waals surface area contributed by atoms with Gasteiger partial charge in [-0.25, -0.2) is 9.97 Å². The first-order valence-corrected chi connectivity index (χ1v) is 8.58. The van der Waals surface area contributed by atoms with Crippen molar-refractivity contribution in [3.05, 3.63) is 76.6 Å². The third kappa shape index (κ3) is 4.68. The van der Waals surface area contributed by atoms with E-state index < -0.39 is 0 Å². The van der Waals surface area contributed by atoms with E-state index in [1.165, 1.54) is 19.3 Å². The molecule has 6 nitrogen and oxygen atoms in total. The molecule has 0 unspecified atom stereocenters. The number of rotatable bonds is 5. The average molecular weight is 381 g/mol. The number of ketones is 1. The van der Waals surface area contributed by atoms with Crippen molar-refractivity contribution in [1.29, 1.82) is 0 Å². The molecule has 2 aromatic carbocycles. The number of benzene rings is 2. The van der Waals surface area contributed by atoms with Crippen LogP contribution in [0.3, 0.4) is 0 Å². The van der Waals surface area contributed by atoms with Gasteiger partial charge in [0.2, 0.25) is 5.95 Å². The van der Waals surface area contributed by atoms with Gasteiger partial charge in [0.05, 0.1) is 5.56 Å². The normalized spacial score (nSPS) is 10.3. The van der Waals surface area contributed by atoms with Gasteiger partial charge in [-0.05, 0) is 43.7 Å². The van der Waals surface area contributed by atoms with Gasteiger partial charge in [-0.15, -0.1) is 0 Å². The minimum Gasteiger partial charge on any atom is -0.324 e. The standard InChI is InChI=1S/C20H17ClN4O2/c1-12-6-7-17(9-18(12)21)25-20-22-10-15(11-23-20)19(27)24-16-5-3-4-14(8-16)13(2)26/h3-11H,1-2H3,(H,24,27)(H,22,23,25). The van der Waals surface area contributed by atoms with Crippen LogP contribution in [0.25, 0.3) is 0 Å². The first-order valence-electron chi connectivity index (χ1n) is 8.20. The lowest BCUT2D eigenvalue weighted by Crippen LogP contribution is -2.13. The highest BCUT2D eigenvalue weighted by molar-refractivity contribution is 6.31. The number of nitrogens with zero attached hydrogens (tertiary/aromatic N) is 2. The highest BCUT2D eigenvalue weighted by Gasteiger charge is 2.09. The Bertz CT molecular complexity index is 1000. The fraction of sp³-hybridized carbons (Fsp3) is 0.100. The summed E-state index contributed by atoms with van der Waals surface area (Å²) >= 11 is 6.10. The first kappa shape index (κ1) is 18.5.